The Bertz CT molecular complexity index is 1450. The van der Waals surface area contributed by atoms with Crippen LogP contribution in [0.5, 0.6) is 0 Å². The summed E-state index contributed by atoms with van der Waals surface area (Å²) in [6.07, 6.45) is -2.61. The third-order valence-electron chi connectivity index (χ3n) is 6.60. The summed E-state index contributed by atoms with van der Waals surface area (Å²) in [5.41, 5.74) is -3.87. The minimum atomic E-state index is -2.97. The first-order chi connectivity index (χ1) is 17.3. The zero-order valence-corrected chi connectivity index (χ0v) is 19.3. The number of nitrogens with zero attached hydrogens (tertiary/aromatic N) is 3. The maximum atomic E-state index is 14.8. The molecule has 3 aromatic rings. The van der Waals surface area contributed by atoms with Crippen molar-refractivity contribution in [2.75, 3.05) is 18.0 Å². The number of carbonyl (C=O) groups is 1. The van der Waals surface area contributed by atoms with Crippen molar-refractivity contribution in [3.8, 4) is 5.69 Å². The number of carbonyl (C=O) groups excluding carboxylic acids is 1. The van der Waals surface area contributed by atoms with Gasteiger partial charge in [0.1, 0.15) is 22.9 Å². The number of aliphatic hydroxyl groups excluding tert-OH is 2. The molecule has 1 aromatic carbocycles. The number of nitrogens with one attached hydrogen (secondary N) is 1. The summed E-state index contributed by atoms with van der Waals surface area (Å²) in [4.78, 5) is 32.0. The number of β-amino-alcohol motifs (C(OH)–C–C–N with tert-alkyl or cyclic N) is 2. The Morgan fingerprint density at radius 3 is 2.24 bits per heavy atom. The number of rotatable bonds is 4. The highest BCUT2D eigenvalue weighted by atomic mass is 19.3. The highest BCUT2D eigenvalue weighted by Crippen LogP contribution is 2.45. The van der Waals surface area contributed by atoms with Crippen LogP contribution in [0.15, 0.2) is 35.3 Å². The van der Waals surface area contributed by atoms with Crippen molar-refractivity contribution < 1.29 is 37.0 Å². The standard InChI is InChI=1S/C24H21F5N4O4/c1-23(9-24(28,29)10-23)31-22(37)13-6-33(19-14(26)4-11(25)5-15(19)27)21-12(20(13)36)2-3-18(30-21)32-7-16(34)17(35)8-32/h2-6,16-17,34-35H,7-10H2,1H3,(H,31,37)/t16-,17-/m1/s1. The molecule has 3 N–H and O–H groups in total. The van der Waals surface area contributed by atoms with Crippen molar-refractivity contribution in [1.82, 2.24) is 14.9 Å². The topological polar surface area (TPSA) is 108 Å². The lowest BCUT2D eigenvalue weighted by atomic mass is 9.75. The monoisotopic (exact) mass is 524 g/mol. The molecule has 1 saturated carbocycles. The number of amides is 1. The van der Waals surface area contributed by atoms with Crippen molar-refractivity contribution in [1.29, 1.82) is 0 Å². The van der Waals surface area contributed by atoms with E-state index in [4.69, 9.17) is 0 Å². The van der Waals surface area contributed by atoms with Crippen LogP contribution in [-0.2, 0) is 0 Å². The van der Waals surface area contributed by atoms with Gasteiger partial charge >= 0.3 is 0 Å². The van der Waals surface area contributed by atoms with Gasteiger partial charge in [-0.2, -0.15) is 0 Å². The number of pyridine rings is 2. The molecule has 1 amide bonds. The lowest BCUT2D eigenvalue weighted by molar-refractivity contribution is -0.124. The summed E-state index contributed by atoms with van der Waals surface area (Å²) >= 11 is 0. The van der Waals surface area contributed by atoms with Gasteiger partial charge in [0, 0.05) is 49.8 Å². The summed E-state index contributed by atoms with van der Waals surface area (Å²) in [5, 5.41) is 21.9. The molecule has 2 aromatic heterocycles. The minimum absolute atomic E-state index is 0.00706. The second kappa shape index (κ2) is 8.48. The number of hydrogen-bond donors (Lipinski definition) is 3. The van der Waals surface area contributed by atoms with Crippen molar-refractivity contribution >= 4 is 22.8 Å². The minimum Gasteiger partial charge on any atom is -0.389 e. The van der Waals surface area contributed by atoms with Crippen LogP contribution in [0.2, 0.25) is 0 Å². The van der Waals surface area contributed by atoms with Crippen LogP contribution in [0.3, 0.4) is 0 Å². The van der Waals surface area contributed by atoms with E-state index >= 15 is 0 Å². The van der Waals surface area contributed by atoms with E-state index < -0.39 is 76.5 Å². The molecule has 2 aliphatic rings. The molecule has 0 radical (unpaired) electrons. The Kier molecular flexibility index (Phi) is 5.75. The summed E-state index contributed by atoms with van der Waals surface area (Å²) in [5.74, 6) is -7.74. The Hall–Kier alpha value is -3.58. The van der Waals surface area contributed by atoms with E-state index in [0.717, 1.165) is 10.8 Å². The molecule has 5 rings (SSSR count). The fraction of sp³-hybridized carbons (Fsp3) is 0.375. The second-order valence-electron chi connectivity index (χ2n) is 9.76. The van der Waals surface area contributed by atoms with E-state index in [0.29, 0.717) is 12.1 Å². The predicted octanol–water partition coefficient (Wildman–Crippen LogP) is 2.26. The Morgan fingerprint density at radius 1 is 1.08 bits per heavy atom. The summed E-state index contributed by atoms with van der Waals surface area (Å²) < 4.78 is 70.9. The number of anilines is 1. The van der Waals surface area contributed by atoms with Gasteiger partial charge in [0.15, 0.2) is 17.3 Å². The first kappa shape index (κ1) is 25.1. The maximum absolute atomic E-state index is 14.8. The number of benzene rings is 1. The molecule has 0 spiro atoms. The van der Waals surface area contributed by atoms with Gasteiger partial charge in [0.25, 0.3) is 11.8 Å². The molecule has 37 heavy (non-hydrogen) atoms. The molecule has 8 nitrogen and oxygen atoms in total. The fourth-order valence-corrected chi connectivity index (χ4v) is 4.94. The van der Waals surface area contributed by atoms with Gasteiger partial charge in [0.2, 0.25) is 5.43 Å². The number of alkyl halides is 2. The van der Waals surface area contributed by atoms with Crippen molar-refractivity contribution in [3.05, 3.63) is 63.7 Å². The van der Waals surface area contributed by atoms with Gasteiger partial charge in [-0.1, -0.05) is 0 Å². The van der Waals surface area contributed by atoms with Crippen LogP contribution in [0.1, 0.15) is 30.1 Å². The molecule has 1 saturated heterocycles. The zero-order chi connectivity index (χ0) is 26.9. The van der Waals surface area contributed by atoms with Gasteiger partial charge < -0.3 is 20.4 Å². The summed E-state index contributed by atoms with van der Waals surface area (Å²) in [6, 6.07) is 3.45. The third-order valence-corrected chi connectivity index (χ3v) is 6.60. The number of hydrogen-bond acceptors (Lipinski definition) is 6. The van der Waals surface area contributed by atoms with Gasteiger partial charge in [0.05, 0.1) is 17.6 Å². The molecule has 2 atom stereocenters. The molecule has 1 aliphatic heterocycles. The second-order valence-corrected chi connectivity index (χ2v) is 9.76. The van der Waals surface area contributed by atoms with Crippen LogP contribution >= 0.6 is 0 Å². The lowest BCUT2D eigenvalue weighted by Gasteiger charge is -2.45. The predicted molar refractivity (Wildman–Crippen MR) is 121 cm³/mol. The molecule has 1 aliphatic carbocycles. The quantitative estimate of drug-likeness (QED) is 0.452. The van der Waals surface area contributed by atoms with Crippen LogP contribution in [0.25, 0.3) is 16.7 Å². The molecule has 13 heteroatoms. The van der Waals surface area contributed by atoms with Crippen LogP contribution < -0.4 is 15.6 Å². The smallest absolute Gasteiger partial charge is 0.257 e. The van der Waals surface area contributed by atoms with Crippen molar-refractivity contribution in [3.63, 3.8) is 0 Å². The van der Waals surface area contributed by atoms with Gasteiger partial charge in [-0.05, 0) is 19.1 Å². The first-order valence-corrected chi connectivity index (χ1v) is 11.3. The Balaban J connectivity index is 1.67. The number of aliphatic hydroxyl groups is 2. The first-order valence-electron chi connectivity index (χ1n) is 11.3. The lowest BCUT2D eigenvalue weighted by Crippen LogP contribution is -2.60. The average molecular weight is 524 g/mol. The Morgan fingerprint density at radius 2 is 1.68 bits per heavy atom. The van der Waals surface area contributed by atoms with Gasteiger partial charge in [-0.3, -0.25) is 14.2 Å². The van der Waals surface area contributed by atoms with Crippen molar-refractivity contribution in [2.45, 2.75) is 43.4 Å². The summed E-state index contributed by atoms with van der Waals surface area (Å²) in [7, 11) is 0. The van der Waals surface area contributed by atoms with Crippen LogP contribution in [-0.4, -0.2) is 62.4 Å². The molecule has 0 bridgehead atoms. The SMILES string of the molecule is CC1(NC(=O)c2cn(-c3c(F)cc(F)cc3F)c3nc(N4C[C@@H](O)[C@H](O)C4)ccc3c2=O)CC(F)(F)C1. The van der Waals surface area contributed by atoms with E-state index in [1.165, 1.54) is 24.0 Å². The van der Waals surface area contributed by atoms with E-state index in [1.54, 1.807) is 0 Å². The van der Waals surface area contributed by atoms with E-state index in [2.05, 4.69) is 10.3 Å². The number of aromatic nitrogens is 2. The van der Waals surface area contributed by atoms with Crippen LogP contribution in [0, 0.1) is 17.5 Å². The largest absolute Gasteiger partial charge is 0.389 e. The van der Waals surface area contributed by atoms with Gasteiger partial charge in [-0.25, -0.2) is 26.9 Å². The highest BCUT2D eigenvalue weighted by Gasteiger charge is 2.54. The van der Waals surface area contributed by atoms with Gasteiger partial charge in [-0.15, -0.1) is 0 Å². The fourth-order valence-electron chi connectivity index (χ4n) is 4.94. The highest BCUT2D eigenvalue weighted by molar-refractivity contribution is 5.98. The molecular weight excluding hydrogens is 503 g/mol. The Labute approximate surface area is 206 Å². The maximum Gasteiger partial charge on any atom is 0.257 e. The number of halogens is 5. The zero-order valence-electron chi connectivity index (χ0n) is 19.3. The normalized spacial score (nSPS) is 22.2. The van der Waals surface area contributed by atoms with E-state index in [9.17, 15) is 41.8 Å². The van der Waals surface area contributed by atoms with Crippen LogP contribution in [0.4, 0.5) is 27.8 Å². The molecule has 0 unspecified atom stereocenters. The molecular formula is C24H21F5N4O4. The van der Waals surface area contributed by atoms with E-state index in [1.807, 2.05) is 0 Å². The summed E-state index contributed by atoms with van der Waals surface area (Å²) in [6.45, 7) is 1.37. The molecule has 2 fully saturated rings. The van der Waals surface area contributed by atoms with E-state index in [-0.39, 0.29) is 29.9 Å². The van der Waals surface area contributed by atoms with Crippen molar-refractivity contribution in [2.24, 2.45) is 0 Å². The molecule has 196 valence electrons. The number of fused-ring (bicyclic) bond motifs is 1. The third kappa shape index (κ3) is 4.42. The molecule has 3 heterocycles. The average Bonchev–Trinajstić information content (AvgIpc) is 3.10.